The molecule has 0 N–H and O–H groups in total. The summed E-state index contributed by atoms with van der Waals surface area (Å²) in [4.78, 5) is 24.1. The van der Waals surface area contributed by atoms with Crippen LogP contribution in [0.4, 0.5) is 0 Å². The second-order valence-corrected chi connectivity index (χ2v) is 6.57. The van der Waals surface area contributed by atoms with Crippen LogP contribution in [0.15, 0.2) is 12.2 Å². The van der Waals surface area contributed by atoms with E-state index in [1.807, 2.05) is 6.92 Å². The number of ether oxygens (including phenoxy) is 1. The average molecular weight is 248 g/mol. The molecule has 2 saturated carbocycles. The fourth-order valence-electron chi connectivity index (χ4n) is 4.36. The first kappa shape index (κ1) is 11.9. The summed E-state index contributed by atoms with van der Waals surface area (Å²) in [6.45, 7) is 8.61. The largest absolute Gasteiger partial charge is 0.460 e. The second kappa shape index (κ2) is 3.46. The van der Waals surface area contributed by atoms with E-state index in [4.69, 9.17) is 4.74 Å². The minimum atomic E-state index is -0.488. The highest BCUT2D eigenvalue weighted by molar-refractivity contribution is 5.86. The molecule has 1 saturated heterocycles. The van der Waals surface area contributed by atoms with Crippen molar-refractivity contribution in [1.29, 1.82) is 0 Å². The molecule has 0 aromatic carbocycles. The third-order valence-electron chi connectivity index (χ3n) is 5.87. The predicted octanol–water partition coefficient (Wildman–Crippen LogP) is 2.50. The first-order valence-electron chi connectivity index (χ1n) is 6.78. The lowest BCUT2D eigenvalue weighted by atomic mass is 9.62. The minimum Gasteiger partial charge on any atom is -0.460 e. The van der Waals surface area contributed by atoms with Gasteiger partial charge in [0.05, 0.1) is 5.41 Å². The van der Waals surface area contributed by atoms with Crippen molar-refractivity contribution < 1.29 is 14.3 Å². The molecule has 3 rings (SSSR count). The zero-order chi connectivity index (χ0) is 13.1. The number of hydrogen-bond acceptors (Lipinski definition) is 3. The highest BCUT2D eigenvalue weighted by Gasteiger charge is 2.63. The van der Waals surface area contributed by atoms with Gasteiger partial charge in [-0.1, -0.05) is 20.4 Å². The Morgan fingerprint density at radius 2 is 2.11 bits per heavy atom. The SMILES string of the molecule is C=C1COC(=O)[C@@]12C[C@H]1CCC(=O)[C@H](C)[C@@]1(C)C2. The number of carbonyl (C=O) groups is 2. The maximum Gasteiger partial charge on any atom is 0.316 e. The van der Waals surface area contributed by atoms with Gasteiger partial charge >= 0.3 is 5.97 Å². The molecule has 4 atom stereocenters. The highest BCUT2D eigenvalue weighted by atomic mass is 16.5. The van der Waals surface area contributed by atoms with Gasteiger partial charge in [0.1, 0.15) is 12.4 Å². The highest BCUT2D eigenvalue weighted by Crippen LogP contribution is 2.64. The van der Waals surface area contributed by atoms with Crippen molar-refractivity contribution in [3.05, 3.63) is 12.2 Å². The van der Waals surface area contributed by atoms with Crippen molar-refractivity contribution in [3.63, 3.8) is 0 Å². The molecule has 0 aromatic heterocycles. The van der Waals surface area contributed by atoms with Crippen LogP contribution in [0.1, 0.15) is 39.5 Å². The zero-order valence-electron chi connectivity index (χ0n) is 11.1. The maximum atomic E-state index is 12.1. The Balaban J connectivity index is 2.00. The maximum absolute atomic E-state index is 12.1. The van der Waals surface area contributed by atoms with Gasteiger partial charge in [-0.25, -0.2) is 0 Å². The summed E-state index contributed by atoms with van der Waals surface area (Å²) in [7, 11) is 0. The van der Waals surface area contributed by atoms with Crippen LogP contribution in [0.3, 0.4) is 0 Å². The van der Waals surface area contributed by atoms with E-state index >= 15 is 0 Å². The molecule has 3 fully saturated rings. The van der Waals surface area contributed by atoms with Gasteiger partial charge in [-0.3, -0.25) is 9.59 Å². The molecule has 1 spiro atoms. The summed E-state index contributed by atoms with van der Waals surface area (Å²) in [5.41, 5.74) is 0.377. The molecule has 0 radical (unpaired) electrons. The number of carbonyl (C=O) groups excluding carboxylic acids is 2. The standard InChI is InChI=1S/C15H20O3/c1-9-7-18-13(17)15(9)6-11-4-5-12(16)10(2)14(11,3)8-15/h10-11H,1,4-8H2,2-3H3/t10-,11+,14+,15+/m0/s1. The third-order valence-corrected chi connectivity index (χ3v) is 5.87. The number of fused-ring (bicyclic) bond motifs is 1. The molecule has 18 heavy (non-hydrogen) atoms. The lowest BCUT2D eigenvalue weighted by Crippen LogP contribution is -2.39. The van der Waals surface area contributed by atoms with Crippen LogP contribution in [0.25, 0.3) is 0 Å². The third kappa shape index (κ3) is 1.25. The second-order valence-electron chi connectivity index (χ2n) is 6.57. The summed E-state index contributed by atoms with van der Waals surface area (Å²) in [6, 6.07) is 0. The van der Waals surface area contributed by atoms with Gasteiger partial charge in [0.15, 0.2) is 0 Å². The topological polar surface area (TPSA) is 43.4 Å². The molecule has 2 aliphatic carbocycles. The lowest BCUT2D eigenvalue weighted by molar-refractivity contribution is -0.146. The van der Waals surface area contributed by atoms with Crippen molar-refractivity contribution in [2.75, 3.05) is 6.61 Å². The summed E-state index contributed by atoms with van der Waals surface area (Å²) in [5.74, 6) is 0.745. The van der Waals surface area contributed by atoms with Crippen molar-refractivity contribution in [1.82, 2.24) is 0 Å². The molecule has 0 unspecified atom stereocenters. The van der Waals surface area contributed by atoms with Crippen molar-refractivity contribution in [3.8, 4) is 0 Å². The van der Waals surface area contributed by atoms with Crippen LogP contribution in [-0.4, -0.2) is 18.4 Å². The molecule has 3 heteroatoms. The molecular weight excluding hydrogens is 228 g/mol. The van der Waals surface area contributed by atoms with E-state index in [9.17, 15) is 9.59 Å². The molecule has 3 aliphatic rings. The molecule has 98 valence electrons. The molecule has 0 bridgehead atoms. The monoisotopic (exact) mass is 248 g/mol. The van der Waals surface area contributed by atoms with Crippen LogP contribution in [0.2, 0.25) is 0 Å². The first-order chi connectivity index (χ1) is 8.40. The van der Waals surface area contributed by atoms with E-state index in [1.165, 1.54) is 0 Å². The van der Waals surface area contributed by atoms with Gasteiger partial charge in [-0.05, 0) is 36.2 Å². The van der Waals surface area contributed by atoms with Crippen LogP contribution in [0, 0.1) is 22.7 Å². The zero-order valence-corrected chi connectivity index (χ0v) is 11.1. The van der Waals surface area contributed by atoms with Gasteiger partial charge in [0, 0.05) is 12.3 Å². The normalized spacial score (nSPS) is 47.6. The van der Waals surface area contributed by atoms with E-state index < -0.39 is 5.41 Å². The summed E-state index contributed by atoms with van der Waals surface area (Å²) < 4.78 is 5.19. The Morgan fingerprint density at radius 3 is 2.72 bits per heavy atom. The van der Waals surface area contributed by atoms with Crippen LogP contribution in [-0.2, 0) is 14.3 Å². The Bertz CT molecular complexity index is 435. The van der Waals surface area contributed by atoms with Gasteiger partial charge < -0.3 is 4.74 Å². The Kier molecular flexibility index (Phi) is 2.30. The van der Waals surface area contributed by atoms with Gasteiger partial charge in [-0.15, -0.1) is 0 Å². The molecular formula is C15H20O3. The number of Topliss-reactive ketones (excluding diaryl/α,β-unsaturated/α-hetero) is 1. The van der Waals surface area contributed by atoms with Crippen molar-refractivity contribution >= 4 is 11.8 Å². The van der Waals surface area contributed by atoms with Crippen LogP contribution in [0.5, 0.6) is 0 Å². The number of ketones is 1. The van der Waals surface area contributed by atoms with Gasteiger partial charge in [0.2, 0.25) is 0 Å². The van der Waals surface area contributed by atoms with E-state index in [2.05, 4.69) is 13.5 Å². The summed E-state index contributed by atoms with van der Waals surface area (Å²) in [6.07, 6.45) is 3.16. The Morgan fingerprint density at radius 1 is 1.39 bits per heavy atom. The predicted molar refractivity (Wildman–Crippen MR) is 66.8 cm³/mol. The number of hydrogen-bond donors (Lipinski definition) is 0. The van der Waals surface area contributed by atoms with Crippen LogP contribution < -0.4 is 0 Å². The summed E-state index contributed by atoms with van der Waals surface area (Å²) >= 11 is 0. The average Bonchev–Trinajstić information content (AvgIpc) is 2.79. The smallest absolute Gasteiger partial charge is 0.316 e. The molecule has 0 aromatic rings. The molecule has 1 aliphatic heterocycles. The molecule has 0 amide bonds. The fourth-order valence-corrected chi connectivity index (χ4v) is 4.36. The first-order valence-corrected chi connectivity index (χ1v) is 6.78. The Labute approximate surface area is 108 Å². The molecule has 3 nitrogen and oxygen atoms in total. The van der Waals surface area contributed by atoms with Gasteiger partial charge in [0.25, 0.3) is 0 Å². The van der Waals surface area contributed by atoms with E-state index in [-0.39, 0.29) is 17.3 Å². The summed E-state index contributed by atoms with van der Waals surface area (Å²) in [5, 5.41) is 0. The lowest BCUT2D eigenvalue weighted by Gasteiger charge is -2.40. The van der Waals surface area contributed by atoms with Gasteiger partial charge in [-0.2, -0.15) is 0 Å². The van der Waals surface area contributed by atoms with Crippen molar-refractivity contribution in [2.45, 2.75) is 39.5 Å². The van der Waals surface area contributed by atoms with E-state index in [0.717, 1.165) is 24.8 Å². The van der Waals surface area contributed by atoms with E-state index in [0.29, 0.717) is 24.7 Å². The number of cyclic esters (lactones) is 1. The molecule has 1 heterocycles. The quantitative estimate of drug-likeness (QED) is 0.488. The van der Waals surface area contributed by atoms with Crippen molar-refractivity contribution in [2.24, 2.45) is 22.7 Å². The Hall–Kier alpha value is -1.12. The minimum absolute atomic E-state index is 0.0526. The number of rotatable bonds is 0. The van der Waals surface area contributed by atoms with Crippen LogP contribution >= 0.6 is 0 Å². The number of esters is 1. The fraction of sp³-hybridized carbons (Fsp3) is 0.733. The van der Waals surface area contributed by atoms with E-state index in [1.54, 1.807) is 0 Å².